The molecule has 1 aromatic carbocycles. The largest absolute Gasteiger partial charge is 0.573 e. The fourth-order valence-electron chi connectivity index (χ4n) is 2.45. The molecule has 2 aromatic heterocycles. The molecule has 0 N–H and O–H groups in total. The van der Waals surface area contributed by atoms with Gasteiger partial charge in [0.2, 0.25) is 5.82 Å². The third kappa shape index (κ3) is 4.13. The van der Waals surface area contributed by atoms with E-state index < -0.39 is 23.9 Å². The number of halogens is 5. The van der Waals surface area contributed by atoms with Crippen molar-refractivity contribution in [3.05, 3.63) is 41.7 Å². The van der Waals surface area contributed by atoms with Crippen molar-refractivity contribution in [2.45, 2.75) is 25.8 Å². The van der Waals surface area contributed by atoms with Crippen LogP contribution < -0.4 is 4.74 Å². The summed E-state index contributed by atoms with van der Waals surface area (Å²) in [5.41, 5.74) is 0.865. The molecule has 0 fully saturated rings. The first kappa shape index (κ1) is 19.0. The smallest absolute Gasteiger partial charge is 0.405 e. The van der Waals surface area contributed by atoms with Crippen molar-refractivity contribution in [2.75, 3.05) is 7.11 Å². The molecule has 0 aliphatic rings. The Balaban J connectivity index is 2.06. The van der Waals surface area contributed by atoms with E-state index in [0.717, 1.165) is 10.6 Å². The minimum Gasteiger partial charge on any atom is -0.405 e. The summed E-state index contributed by atoms with van der Waals surface area (Å²) in [6.45, 7) is 0.518. The van der Waals surface area contributed by atoms with Crippen molar-refractivity contribution in [2.24, 2.45) is 0 Å². The van der Waals surface area contributed by atoms with Gasteiger partial charge in [-0.15, -0.1) is 23.4 Å². The van der Waals surface area contributed by atoms with Gasteiger partial charge in [0.15, 0.2) is 5.65 Å². The van der Waals surface area contributed by atoms with Crippen LogP contribution in [0.4, 0.5) is 22.0 Å². The lowest BCUT2D eigenvalue weighted by atomic mass is 10.1. The second-order valence-corrected chi connectivity index (χ2v) is 5.70. The Bertz CT molecular complexity index is 966. The van der Waals surface area contributed by atoms with E-state index in [2.05, 4.69) is 20.0 Å². The highest BCUT2D eigenvalue weighted by Crippen LogP contribution is 2.31. The average molecular weight is 388 g/mol. The fraction of sp³-hybridized carbons (Fsp3) is 0.312. The summed E-state index contributed by atoms with van der Waals surface area (Å²) in [6, 6.07) is 6.76. The number of fused-ring (bicyclic) bond motifs is 1. The summed E-state index contributed by atoms with van der Waals surface area (Å²) >= 11 is 0. The van der Waals surface area contributed by atoms with Gasteiger partial charge in [-0.25, -0.2) is 0 Å². The zero-order valence-corrected chi connectivity index (χ0v) is 14.1. The highest BCUT2D eigenvalue weighted by Gasteiger charge is 2.33. The van der Waals surface area contributed by atoms with E-state index in [9.17, 15) is 22.0 Å². The van der Waals surface area contributed by atoms with Crippen LogP contribution in [0.5, 0.6) is 5.75 Å². The summed E-state index contributed by atoms with van der Waals surface area (Å²) in [5, 5.41) is 11.2. The number of alkyl halides is 5. The van der Waals surface area contributed by atoms with E-state index in [1.54, 1.807) is 0 Å². The zero-order chi connectivity index (χ0) is 19.8. The molecular formula is C16H13F5N4O2. The molecule has 6 nitrogen and oxygen atoms in total. The normalized spacial score (nSPS) is 12.6. The molecule has 0 aliphatic heterocycles. The highest BCUT2D eigenvalue weighted by molar-refractivity contribution is 5.63. The number of benzene rings is 1. The Hall–Kier alpha value is -2.82. The van der Waals surface area contributed by atoms with E-state index in [1.807, 2.05) is 0 Å². The van der Waals surface area contributed by atoms with Crippen LogP contribution in [0.15, 0.2) is 30.3 Å². The van der Waals surface area contributed by atoms with Crippen LogP contribution >= 0.6 is 0 Å². The summed E-state index contributed by atoms with van der Waals surface area (Å²) in [4.78, 5) is 0. The van der Waals surface area contributed by atoms with E-state index in [0.29, 0.717) is 12.5 Å². The Morgan fingerprint density at radius 3 is 2.41 bits per heavy atom. The quantitative estimate of drug-likeness (QED) is 0.620. The number of nitrogens with zero attached hydrogens (tertiary/aromatic N) is 4. The Kier molecular flexibility index (Phi) is 4.72. The molecule has 0 bridgehead atoms. The van der Waals surface area contributed by atoms with Gasteiger partial charge in [-0.3, -0.25) is 0 Å². The molecule has 2 heterocycles. The molecule has 3 rings (SSSR count). The molecule has 0 unspecified atom stereocenters. The van der Waals surface area contributed by atoms with Gasteiger partial charge in [0.25, 0.3) is 0 Å². The third-order valence-electron chi connectivity index (χ3n) is 3.54. The number of hydrogen-bond donors (Lipinski definition) is 0. The van der Waals surface area contributed by atoms with Crippen molar-refractivity contribution < 1.29 is 31.4 Å². The van der Waals surface area contributed by atoms with Gasteiger partial charge in [0.1, 0.15) is 5.75 Å². The standard InChI is InChI=1S/C16H13F5N4O2/c1-15(17,18)14-23-22-13-6-4-11(24-25(13)14)9-3-5-12(27-16(19,20)21)10(7-9)8-26-2/h3-7H,8H2,1-2H3. The number of rotatable bonds is 5. The summed E-state index contributed by atoms with van der Waals surface area (Å²) < 4.78 is 74.6. The second-order valence-electron chi connectivity index (χ2n) is 5.70. The molecule has 0 amide bonds. The van der Waals surface area contributed by atoms with Crippen LogP contribution in [0.1, 0.15) is 18.3 Å². The first-order valence-corrected chi connectivity index (χ1v) is 7.57. The molecule has 0 aliphatic carbocycles. The molecule has 27 heavy (non-hydrogen) atoms. The van der Waals surface area contributed by atoms with E-state index in [1.165, 1.54) is 31.4 Å². The van der Waals surface area contributed by atoms with Gasteiger partial charge in [0, 0.05) is 25.2 Å². The number of ether oxygens (including phenoxy) is 2. The van der Waals surface area contributed by atoms with E-state index in [4.69, 9.17) is 4.74 Å². The topological polar surface area (TPSA) is 61.5 Å². The van der Waals surface area contributed by atoms with Crippen molar-refractivity contribution in [1.29, 1.82) is 0 Å². The molecule has 0 radical (unpaired) electrons. The monoisotopic (exact) mass is 388 g/mol. The summed E-state index contributed by atoms with van der Waals surface area (Å²) in [6.07, 6.45) is -4.86. The Morgan fingerprint density at radius 2 is 1.78 bits per heavy atom. The predicted molar refractivity (Wildman–Crippen MR) is 83.2 cm³/mol. The van der Waals surface area contributed by atoms with Gasteiger partial charge in [-0.1, -0.05) is 0 Å². The number of hydrogen-bond acceptors (Lipinski definition) is 5. The van der Waals surface area contributed by atoms with E-state index >= 15 is 0 Å². The fourth-order valence-corrected chi connectivity index (χ4v) is 2.45. The van der Waals surface area contributed by atoms with Gasteiger partial charge in [0.05, 0.1) is 12.3 Å². The van der Waals surface area contributed by atoms with Gasteiger partial charge < -0.3 is 9.47 Å². The predicted octanol–water partition coefficient (Wildman–Crippen LogP) is 3.95. The molecule has 0 spiro atoms. The molecule has 0 saturated heterocycles. The van der Waals surface area contributed by atoms with Gasteiger partial charge in [-0.2, -0.15) is 18.4 Å². The molecule has 0 atom stereocenters. The SMILES string of the molecule is COCc1cc(-c2ccc3nnc(C(C)(F)F)n3n2)ccc1OC(F)(F)F. The lowest BCUT2D eigenvalue weighted by molar-refractivity contribution is -0.275. The second kappa shape index (κ2) is 6.72. The summed E-state index contributed by atoms with van der Waals surface area (Å²) in [7, 11) is 1.32. The van der Waals surface area contributed by atoms with Crippen LogP contribution in [-0.4, -0.2) is 33.3 Å². The highest BCUT2D eigenvalue weighted by atomic mass is 19.4. The lowest BCUT2D eigenvalue weighted by Gasteiger charge is -2.14. The molecule has 0 saturated carbocycles. The van der Waals surface area contributed by atoms with Crippen molar-refractivity contribution >= 4 is 5.65 Å². The zero-order valence-electron chi connectivity index (χ0n) is 14.1. The molecule has 144 valence electrons. The van der Waals surface area contributed by atoms with Crippen LogP contribution in [0.3, 0.4) is 0 Å². The minimum atomic E-state index is -4.86. The third-order valence-corrected chi connectivity index (χ3v) is 3.54. The first-order valence-electron chi connectivity index (χ1n) is 7.57. The van der Waals surface area contributed by atoms with E-state index in [-0.39, 0.29) is 23.5 Å². The van der Waals surface area contributed by atoms with Crippen LogP contribution in [0.25, 0.3) is 16.9 Å². The van der Waals surface area contributed by atoms with Gasteiger partial charge in [-0.05, 0) is 30.3 Å². The van der Waals surface area contributed by atoms with Crippen LogP contribution in [0.2, 0.25) is 0 Å². The average Bonchev–Trinajstić information content (AvgIpc) is 2.98. The van der Waals surface area contributed by atoms with Gasteiger partial charge >= 0.3 is 12.3 Å². The summed E-state index contributed by atoms with van der Waals surface area (Å²) in [5.74, 6) is -4.33. The van der Waals surface area contributed by atoms with Crippen LogP contribution in [-0.2, 0) is 17.3 Å². The molecule has 3 aromatic rings. The number of methoxy groups -OCH3 is 1. The Labute approximate surface area is 149 Å². The lowest BCUT2D eigenvalue weighted by Crippen LogP contribution is -2.18. The first-order chi connectivity index (χ1) is 12.6. The maximum atomic E-state index is 13.6. The van der Waals surface area contributed by atoms with Crippen molar-refractivity contribution in [3.63, 3.8) is 0 Å². The number of aromatic nitrogens is 4. The molecule has 11 heteroatoms. The van der Waals surface area contributed by atoms with Crippen molar-refractivity contribution in [3.8, 4) is 17.0 Å². The Morgan fingerprint density at radius 1 is 1.04 bits per heavy atom. The van der Waals surface area contributed by atoms with Crippen molar-refractivity contribution in [1.82, 2.24) is 19.8 Å². The van der Waals surface area contributed by atoms with Crippen LogP contribution in [0, 0.1) is 0 Å². The maximum Gasteiger partial charge on any atom is 0.573 e. The maximum absolute atomic E-state index is 13.6. The minimum absolute atomic E-state index is 0.115. The molecular weight excluding hydrogens is 375 g/mol.